The first-order valence-electron chi connectivity index (χ1n) is 6.44. The van der Waals surface area contributed by atoms with E-state index in [0.29, 0.717) is 24.6 Å². The number of aromatic nitrogens is 1. The SMILES string of the molecule is CC(C)(N)C(=O)Nc1ccc(N2CCNC(=O)C2)nc1.Cl.Cl. The van der Waals surface area contributed by atoms with Crippen LogP contribution in [0.1, 0.15) is 13.8 Å². The average Bonchev–Trinajstić information content (AvgIpc) is 2.38. The fraction of sp³-hybridized carbons (Fsp3) is 0.462. The van der Waals surface area contributed by atoms with Gasteiger partial charge in [0.15, 0.2) is 0 Å². The molecule has 7 nitrogen and oxygen atoms in total. The second-order valence-corrected chi connectivity index (χ2v) is 5.35. The Morgan fingerprint density at radius 3 is 2.59 bits per heavy atom. The summed E-state index contributed by atoms with van der Waals surface area (Å²) in [6.45, 7) is 4.90. The number of hydrogen-bond acceptors (Lipinski definition) is 5. The first-order chi connectivity index (χ1) is 9.36. The molecule has 2 heterocycles. The van der Waals surface area contributed by atoms with E-state index in [9.17, 15) is 9.59 Å². The number of carbonyl (C=O) groups is 2. The van der Waals surface area contributed by atoms with Crippen molar-refractivity contribution in [2.75, 3.05) is 29.9 Å². The van der Waals surface area contributed by atoms with E-state index in [2.05, 4.69) is 15.6 Å². The molecule has 22 heavy (non-hydrogen) atoms. The van der Waals surface area contributed by atoms with E-state index in [4.69, 9.17) is 5.73 Å². The van der Waals surface area contributed by atoms with Gasteiger partial charge >= 0.3 is 0 Å². The number of halogens is 2. The highest BCUT2D eigenvalue weighted by Gasteiger charge is 2.22. The molecule has 0 saturated carbocycles. The van der Waals surface area contributed by atoms with Crippen LogP contribution in [0.5, 0.6) is 0 Å². The zero-order valence-electron chi connectivity index (χ0n) is 12.5. The van der Waals surface area contributed by atoms with Crippen LogP contribution in [-0.2, 0) is 9.59 Å². The van der Waals surface area contributed by atoms with Crippen LogP contribution in [0.15, 0.2) is 18.3 Å². The lowest BCUT2D eigenvalue weighted by atomic mass is 10.1. The smallest absolute Gasteiger partial charge is 0.243 e. The number of nitrogens with two attached hydrogens (primary N) is 1. The molecule has 1 fully saturated rings. The normalized spacial score (nSPS) is 14.3. The van der Waals surface area contributed by atoms with E-state index in [0.717, 1.165) is 6.54 Å². The summed E-state index contributed by atoms with van der Waals surface area (Å²) in [7, 11) is 0. The summed E-state index contributed by atoms with van der Waals surface area (Å²) in [5, 5.41) is 5.45. The van der Waals surface area contributed by atoms with E-state index >= 15 is 0 Å². The molecule has 1 aliphatic rings. The van der Waals surface area contributed by atoms with E-state index in [1.165, 1.54) is 0 Å². The lowest BCUT2D eigenvalue weighted by Crippen LogP contribution is -2.48. The fourth-order valence-corrected chi connectivity index (χ4v) is 1.77. The zero-order valence-corrected chi connectivity index (χ0v) is 14.1. The molecular formula is C13H21Cl2N5O2. The number of hydrogen-bond donors (Lipinski definition) is 3. The van der Waals surface area contributed by atoms with Gasteiger partial charge in [-0.25, -0.2) is 4.98 Å². The summed E-state index contributed by atoms with van der Waals surface area (Å²) < 4.78 is 0. The molecule has 4 N–H and O–H groups in total. The van der Waals surface area contributed by atoms with E-state index in [-0.39, 0.29) is 36.6 Å². The number of amides is 2. The van der Waals surface area contributed by atoms with Gasteiger partial charge in [-0.3, -0.25) is 9.59 Å². The molecule has 1 saturated heterocycles. The molecule has 9 heteroatoms. The molecule has 0 unspecified atom stereocenters. The second-order valence-electron chi connectivity index (χ2n) is 5.35. The minimum Gasteiger partial charge on any atom is -0.353 e. The molecule has 2 rings (SSSR count). The van der Waals surface area contributed by atoms with Crippen LogP contribution in [-0.4, -0.2) is 42.0 Å². The summed E-state index contributed by atoms with van der Waals surface area (Å²) in [6.07, 6.45) is 1.56. The van der Waals surface area contributed by atoms with Crippen LogP contribution < -0.4 is 21.3 Å². The molecule has 2 amide bonds. The van der Waals surface area contributed by atoms with Gasteiger partial charge in [-0.1, -0.05) is 0 Å². The number of nitrogens with zero attached hydrogens (tertiary/aromatic N) is 2. The number of rotatable bonds is 3. The number of anilines is 2. The van der Waals surface area contributed by atoms with Crippen molar-refractivity contribution in [1.29, 1.82) is 0 Å². The Hall–Kier alpha value is -1.57. The third-order valence-corrected chi connectivity index (χ3v) is 2.95. The Balaban J connectivity index is 0.00000220. The van der Waals surface area contributed by atoms with E-state index < -0.39 is 5.54 Å². The molecule has 0 aliphatic carbocycles. The van der Waals surface area contributed by atoms with Crippen molar-refractivity contribution in [2.24, 2.45) is 5.73 Å². The first kappa shape index (κ1) is 20.4. The Morgan fingerprint density at radius 1 is 1.41 bits per heavy atom. The van der Waals surface area contributed by atoms with Crippen LogP contribution in [0.4, 0.5) is 11.5 Å². The third-order valence-electron chi connectivity index (χ3n) is 2.95. The Labute approximate surface area is 141 Å². The highest BCUT2D eigenvalue weighted by molar-refractivity contribution is 5.97. The van der Waals surface area contributed by atoms with Crippen molar-refractivity contribution >= 4 is 48.1 Å². The molecule has 1 aliphatic heterocycles. The minimum absolute atomic E-state index is 0. The number of pyridine rings is 1. The predicted octanol–water partition coefficient (Wildman–Crippen LogP) is 0.537. The highest BCUT2D eigenvalue weighted by atomic mass is 35.5. The van der Waals surface area contributed by atoms with Gasteiger partial charge in [0.2, 0.25) is 11.8 Å². The van der Waals surface area contributed by atoms with Gasteiger partial charge in [-0.15, -0.1) is 24.8 Å². The molecule has 124 valence electrons. The molecule has 0 radical (unpaired) electrons. The Morgan fingerprint density at radius 2 is 2.09 bits per heavy atom. The lowest BCUT2D eigenvalue weighted by Gasteiger charge is -2.27. The molecule has 0 spiro atoms. The largest absolute Gasteiger partial charge is 0.353 e. The van der Waals surface area contributed by atoms with Crippen molar-refractivity contribution in [1.82, 2.24) is 10.3 Å². The van der Waals surface area contributed by atoms with Crippen LogP contribution in [0.25, 0.3) is 0 Å². The van der Waals surface area contributed by atoms with Crippen molar-refractivity contribution < 1.29 is 9.59 Å². The molecule has 1 aromatic rings. The van der Waals surface area contributed by atoms with Crippen LogP contribution in [0.2, 0.25) is 0 Å². The van der Waals surface area contributed by atoms with Gasteiger partial charge in [-0.05, 0) is 26.0 Å². The monoisotopic (exact) mass is 349 g/mol. The average molecular weight is 350 g/mol. The summed E-state index contributed by atoms with van der Waals surface area (Å²) in [5.41, 5.74) is 5.35. The maximum absolute atomic E-state index is 11.7. The number of piperazine rings is 1. The molecular weight excluding hydrogens is 329 g/mol. The van der Waals surface area contributed by atoms with Crippen molar-refractivity contribution in [3.63, 3.8) is 0 Å². The molecule has 1 aromatic heterocycles. The lowest BCUT2D eigenvalue weighted by molar-refractivity contribution is -0.121. The van der Waals surface area contributed by atoms with E-state index in [1.54, 1.807) is 32.2 Å². The second kappa shape index (κ2) is 8.17. The highest BCUT2D eigenvalue weighted by Crippen LogP contribution is 2.15. The maximum Gasteiger partial charge on any atom is 0.243 e. The predicted molar refractivity (Wildman–Crippen MR) is 90.9 cm³/mol. The van der Waals surface area contributed by atoms with Crippen LogP contribution >= 0.6 is 24.8 Å². The quantitative estimate of drug-likeness (QED) is 0.739. The zero-order chi connectivity index (χ0) is 14.8. The molecule has 0 bridgehead atoms. The van der Waals surface area contributed by atoms with Crippen molar-refractivity contribution in [3.05, 3.63) is 18.3 Å². The standard InChI is InChI=1S/C13H19N5O2.2ClH/c1-13(2,14)12(20)17-9-3-4-10(16-7-9)18-6-5-15-11(19)8-18;;/h3-4,7H,5-6,8,14H2,1-2H3,(H,15,19)(H,17,20);2*1H. The van der Waals surface area contributed by atoms with Gasteiger partial charge in [-0.2, -0.15) is 0 Å². The summed E-state index contributed by atoms with van der Waals surface area (Å²) in [4.78, 5) is 29.2. The number of carbonyl (C=O) groups excluding carboxylic acids is 2. The van der Waals surface area contributed by atoms with Crippen LogP contribution in [0, 0.1) is 0 Å². The summed E-state index contributed by atoms with van der Waals surface area (Å²) in [5.74, 6) is 0.426. The van der Waals surface area contributed by atoms with Crippen LogP contribution in [0.3, 0.4) is 0 Å². The fourth-order valence-electron chi connectivity index (χ4n) is 1.77. The summed E-state index contributed by atoms with van der Waals surface area (Å²) >= 11 is 0. The van der Waals surface area contributed by atoms with Gasteiger partial charge in [0.05, 0.1) is 24.0 Å². The first-order valence-corrected chi connectivity index (χ1v) is 6.44. The third kappa shape index (κ3) is 5.32. The maximum atomic E-state index is 11.7. The van der Waals surface area contributed by atoms with Crippen molar-refractivity contribution in [3.8, 4) is 0 Å². The van der Waals surface area contributed by atoms with Crippen molar-refractivity contribution in [2.45, 2.75) is 19.4 Å². The Bertz CT molecular complexity index is 516. The van der Waals surface area contributed by atoms with Gasteiger partial charge in [0.1, 0.15) is 5.82 Å². The topological polar surface area (TPSA) is 100 Å². The Kier molecular flexibility index (Phi) is 7.58. The van der Waals surface area contributed by atoms with Gasteiger partial charge < -0.3 is 21.3 Å². The summed E-state index contributed by atoms with van der Waals surface area (Å²) in [6, 6.07) is 3.52. The van der Waals surface area contributed by atoms with E-state index in [1.807, 2.05) is 4.90 Å². The molecule has 0 aromatic carbocycles. The minimum atomic E-state index is -0.941. The van der Waals surface area contributed by atoms with Gasteiger partial charge in [0.25, 0.3) is 0 Å². The molecule has 0 atom stereocenters. The van der Waals surface area contributed by atoms with Gasteiger partial charge in [0, 0.05) is 13.1 Å². The number of nitrogens with one attached hydrogen (secondary N) is 2.